The Kier molecular flexibility index (Phi) is 7.70. The minimum atomic E-state index is -1.53. The van der Waals surface area contributed by atoms with Crippen LogP contribution in [0.5, 0.6) is 0 Å². The molecule has 2 saturated carbocycles. The summed E-state index contributed by atoms with van der Waals surface area (Å²) in [6.45, 7) is 0. The van der Waals surface area contributed by atoms with Crippen molar-refractivity contribution in [3.8, 4) is 0 Å². The van der Waals surface area contributed by atoms with Gasteiger partial charge in [-0.1, -0.05) is 38.5 Å². The maximum Gasteiger partial charge on any atom is 1.00 e. The fourth-order valence-corrected chi connectivity index (χ4v) is 4.24. The van der Waals surface area contributed by atoms with Gasteiger partial charge in [0.05, 0.1) is 0 Å². The molecule has 2 aliphatic rings. The van der Waals surface area contributed by atoms with Crippen molar-refractivity contribution >= 4 is 11.9 Å². The summed E-state index contributed by atoms with van der Waals surface area (Å²) in [6.07, 6.45) is 9.14. The first kappa shape index (κ1) is 18.6. The summed E-state index contributed by atoms with van der Waals surface area (Å²) in [6, 6.07) is 0. The number of rotatable bonds is 4. The molecular weight excluding hydrogens is 283 g/mol. The monoisotopic (exact) mass is 308 g/mol. The summed E-state index contributed by atoms with van der Waals surface area (Å²) < 4.78 is 0. The second-order valence-corrected chi connectivity index (χ2v) is 6.15. The predicted molar refractivity (Wildman–Crippen MR) is 72.0 cm³/mol. The number of hydrogen-bond acceptors (Lipinski definition) is 2. The molecule has 2 aliphatic carbocycles. The number of carboxylic acid groups (broad SMARTS) is 2. The standard InChI is InChI=1S/C15H24O4.K.H/c16-13(17)15(14(18)19,11-7-3-1-4-8-11)12-9-5-2-6-10-12;;/h11-12H,1-10H2,(H,16,17)(H,18,19);;/q;+1;-1. The molecule has 2 rings (SSSR count). The second-order valence-electron chi connectivity index (χ2n) is 6.15. The third-order valence-electron chi connectivity index (χ3n) is 5.21. The van der Waals surface area contributed by atoms with Gasteiger partial charge in [0.15, 0.2) is 5.41 Å². The van der Waals surface area contributed by atoms with Crippen LogP contribution in [0.3, 0.4) is 0 Å². The number of carbonyl (C=O) groups is 2. The van der Waals surface area contributed by atoms with Crippen LogP contribution < -0.4 is 51.4 Å². The van der Waals surface area contributed by atoms with E-state index < -0.39 is 17.4 Å². The maximum absolute atomic E-state index is 11.9. The molecule has 0 unspecified atom stereocenters. The Hall–Kier alpha value is 0.576. The van der Waals surface area contributed by atoms with Gasteiger partial charge in [-0.25, -0.2) is 0 Å². The first-order valence-electron chi connectivity index (χ1n) is 7.57. The van der Waals surface area contributed by atoms with Crippen molar-refractivity contribution in [1.82, 2.24) is 0 Å². The van der Waals surface area contributed by atoms with E-state index in [9.17, 15) is 19.8 Å². The average molecular weight is 308 g/mol. The van der Waals surface area contributed by atoms with Gasteiger partial charge < -0.3 is 11.6 Å². The van der Waals surface area contributed by atoms with E-state index in [4.69, 9.17) is 0 Å². The summed E-state index contributed by atoms with van der Waals surface area (Å²) >= 11 is 0. The van der Waals surface area contributed by atoms with Crippen molar-refractivity contribution in [1.29, 1.82) is 0 Å². The molecule has 0 spiro atoms. The molecule has 0 bridgehead atoms. The third-order valence-corrected chi connectivity index (χ3v) is 5.21. The Bertz CT molecular complexity index is 316. The van der Waals surface area contributed by atoms with E-state index in [1.54, 1.807) is 0 Å². The van der Waals surface area contributed by atoms with Crippen LogP contribution in [0, 0.1) is 17.3 Å². The zero-order valence-electron chi connectivity index (χ0n) is 13.4. The minimum absolute atomic E-state index is 0. The predicted octanol–water partition coefficient (Wildman–Crippen LogP) is 0.419. The van der Waals surface area contributed by atoms with Crippen LogP contribution in [0.2, 0.25) is 0 Å². The van der Waals surface area contributed by atoms with Crippen molar-refractivity contribution in [3.63, 3.8) is 0 Å². The van der Waals surface area contributed by atoms with E-state index in [-0.39, 0.29) is 64.6 Å². The molecule has 0 aliphatic heterocycles. The van der Waals surface area contributed by atoms with E-state index >= 15 is 0 Å². The Morgan fingerprint density at radius 1 is 0.750 bits per heavy atom. The minimum Gasteiger partial charge on any atom is -1.00 e. The van der Waals surface area contributed by atoms with Crippen LogP contribution in [0.4, 0.5) is 0 Å². The smallest absolute Gasteiger partial charge is 1.00 e. The van der Waals surface area contributed by atoms with Crippen molar-refractivity contribution in [2.45, 2.75) is 64.2 Å². The summed E-state index contributed by atoms with van der Waals surface area (Å²) in [4.78, 5) is 23.8. The molecule has 0 atom stereocenters. The van der Waals surface area contributed by atoms with Crippen molar-refractivity contribution in [2.75, 3.05) is 0 Å². The van der Waals surface area contributed by atoms with Gasteiger partial charge in [-0.15, -0.1) is 0 Å². The fourth-order valence-electron chi connectivity index (χ4n) is 4.24. The molecule has 0 aromatic rings. The normalized spacial score (nSPS) is 22.0. The molecule has 2 fully saturated rings. The van der Waals surface area contributed by atoms with Gasteiger partial charge in [-0.05, 0) is 37.5 Å². The third kappa shape index (κ3) is 3.49. The van der Waals surface area contributed by atoms with Gasteiger partial charge in [-0.2, -0.15) is 0 Å². The summed E-state index contributed by atoms with van der Waals surface area (Å²) in [5.41, 5.74) is -1.53. The Balaban J connectivity index is 0.00000200. The first-order valence-corrected chi connectivity index (χ1v) is 7.57. The van der Waals surface area contributed by atoms with Crippen LogP contribution in [0.25, 0.3) is 0 Å². The largest absolute Gasteiger partial charge is 1.00 e. The Labute approximate surface area is 164 Å². The van der Waals surface area contributed by atoms with E-state index in [2.05, 4.69) is 0 Å². The van der Waals surface area contributed by atoms with Crippen molar-refractivity contribution in [3.05, 3.63) is 0 Å². The molecule has 0 aromatic heterocycles. The van der Waals surface area contributed by atoms with E-state index in [1.165, 1.54) is 0 Å². The van der Waals surface area contributed by atoms with Crippen molar-refractivity contribution < 1.29 is 72.6 Å². The van der Waals surface area contributed by atoms with Gasteiger partial charge in [-0.3, -0.25) is 9.59 Å². The number of carboxylic acids is 2. The Morgan fingerprint density at radius 2 is 1.05 bits per heavy atom. The summed E-state index contributed by atoms with van der Waals surface area (Å²) in [7, 11) is 0. The molecule has 0 aromatic carbocycles. The molecular formula is C15H25KO4. The van der Waals surface area contributed by atoms with E-state index in [0.717, 1.165) is 64.2 Å². The van der Waals surface area contributed by atoms with E-state index in [0.29, 0.717) is 0 Å². The summed E-state index contributed by atoms with van der Waals surface area (Å²) in [5.74, 6) is -2.56. The van der Waals surface area contributed by atoms with Gasteiger partial charge in [0.25, 0.3) is 0 Å². The SMILES string of the molecule is O=C(O)C(C(=O)O)(C1CCCCC1)C1CCCCC1.[H-].[K+]. The Morgan fingerprint density at radius 3 is 1.30 bits per heavy atom. The molecule has 0 heterocycles. The zero-order valence-corrected chi connectivity index (χ0v) is 15.6. The molecule has 0 radical (unpaired) electrons. The molecule has 0 saturated heterocycles. The van der Waals surface area contributed by atoms with Crippen LogP contribution in [0.1, 0.15) is 65.6 Å². The first-order chi connectivity index (χ1) is 9.10. The molecule has 4 nitrogen and oxygen atoms in total. The quantitative estimate of drug-likeness (QED) is 0.583. The van der Waals surface area contributed by atoms with Crippen LogP contribution >= 0.6 is 0 Å². The molecule has 5 heteroatoms. The molecule has 2 N–H and O–H groups in total. The van der Waals surface area contributed by atoms with Gasteiger partial charge >= 0.3 is 63.3 Å². The van der Waals surface area contributed by atoms with Crippen LogP contribution in [0.15, 0.2) is 0 Å². The zero-order chi connectivity index (χ0) is 13.9. The van der Waals surface area contributed by atoms with Gasteiger partial charge in [0.2, 0.25) is 0 Å². The number of hydrogen-bond donors (Lipinski definition) is 2. The van der Waals surface area contributed by atoms with Gasteiger partial charge in [0, 0.05) is 0 Å². The summed E-state index contributed by atoms with van der Waals surface area (Å²) in [5, 5.41) is 19.4. The van der Waals surface area contributed by atoms with Crippen molar-refractivity contribution in [2.24, 2.45) is 17.3 Å². The fraction of sp³-hybridized carbons (Fsp3) is 0.867. The van der Waals surface area contributed by atoms with Gasteiger partial charge in [0.1, 0.15) is 0 Å². The second kappa shape index (κ2) is 8.27. The molecule has 0 amide bonds. The van der Waals surface area contributed by atoms with Crippen LogP contribution in [-0.2, 0) is 9.59 Å². The molecule has 110 valence electrons. The molecule has 20 heavy (non-hydrogen) atoms. The number of aliphatic carboxylic acids is 2. The van der Waals surface area contributed by atoms with E-state index in [1.807, 2.05) is 0 Å². The average Bonchev–Trinajstić information content (AvgIpc) is 2.41. The topological polar surface area (TPSA) is 74.6 Å². The maximum atomic E-state index is 11.9. The van der Waals surface area contributed by atoms with Crippen LogP contribution in [-0.4, -0.2) is 22.2 Å².